The van der Waals surface area contributed by atoms with Crippen LogP contribution in [0.25, 0.3) is 0 Å². The third-order valence-corrected chi connectivity index (χ3v) is 3.40. The summed E-state index contributed by atoms with van der Waals surface area (Å²) < 4.78 is 3.98. The van der Waals surface area contributed by atoms with E-state index in [0.29, 0.717) is 11.4 Å². The molecule has 1 aromatic rings. The van der Waals surface area contributed by atoms with Gasteiger partial charge >= 0.3 is 0 Å². The van der Waals surface area contributed by atoms with Crippen LogP contribution in [-0.4, -0.2) is 9.36 Å². The first-order chi connectivity index (χ1) is 5.27. The van der Waals surface area contributed by atoms with Gasteiger partial charge in [-0.3, -0.25) is 0 Å². The van der Waals surface area contributed by atoms with E-state index in [1.807, 2.05) is 0 Å². The van der Waals surface area contributed by atoms with Crippen molar-refractivity contribution in [3.05, 3.63) is 5.01 Å². The number of hydrogen-bond donors (Lipinski definition) is 1. The Morgan fingerprint density at radius 2 is 2.36 bits per heavy atom. The molecule has 0 aromatic carbocycles. The zero-order chi connectivity index (χ0) is 7.90. The van der Waals surface area contributed by atoms with Gasteiger partial charge in [0, 0.05) is 5.41 Å². The van der Waals surface area contributed by atoms with Crippen LogP contribution in [0.3, 0.4) is 0 Å². The Labute approximate surface area is 69.8 Å². The van der Waals surface area contributed by atoms with Gasteiger partial charge in [0.25, 0.3) is 0 Å². The van der Waals surface area contributed by atoms with Crippen molar-refractivity contribution < 1.29 is 0 Å². The van der Waals surface area contributed by atoms with Crippen molar-refractivity contribution in [2.75, 3.05) is 5.73 Å². The summed E-state index contributed by atoms with van der Waals surface area (Å²) in [7, 11) is 0. The summed E-state index contributed by atoms with van der Waals surface area (Å²) in [4.78, 5) is 4.20. The topological polar surface area (TPSA) is 51.8 Å². The summed E-state index contributed by atoms with van der Waals surface area (Å²) in [5.74, 6) is 0.435. The highest BCUT2D eigenvalue weighted by Gasteiger charge is 2.45. The molecule has 2 N–H and O–H groups in total. The molecule has 0 amide bonds. The summed E-state index contributed by atoms with van der Waals surface area (Å²) in [5.41, 5.74) is 5.82. The lowest BCUT2D eigenvalue weighted by atomic mass is 10.1. The Bertz CT molecular complexity index is 264. The van der Waals surface area contributed by atoms with Crippen molar-refractivity contribution in [2.45, 2.75) is 31.6 Å². The number of nitrogens with two attached hydrogens (primary N) is 1. The predicted molar refractivity (Wildman–Crippen MR) is 45.5 cm³/mol. The summed E-state index contributed by atoms with van der Waals surface area (Å²) in [5, 5.41) is 1.14. The fourth-order valence-corrected chi connectivity index (χ4v) is 2.22. The lowest BCUT2D eigenvalue weighted by Crippen LogP contribution is -2.03. The van der Waals surface area contributed by atoms with Gasteiger partial charge in [0.1, 0.15) is 5.01 Å². The summed E-state index contributed by atoms with van der Waals surface area (Å²) in [6, 6.07) is 0. The molecular weight excluding hydrogens is 158 g/mol. The van der Waals surface area contributed by atoms with Crippen LogP contribution in [0.4, 0.5) is 5.95 Å². The normalized spacial score (nSPS) is 20.1. The summed E-state index contributed by atoms with van der Waals surface area (Å²) in [6.45, 7) is 2.20. The molecule has 1 heterocycles. The average molecular weight is 169 g/mol. The molecule has 11 heavy (non-hydrogen) atoms. The Morgan fingerprint density at radius 1 is 1.64 bits per heavy atom. The molecule has 1 aliphatic carbocycles. The van der Waals surface area contributed by atoms with Gasteiger partial charge in [0.15, 0.2) is 0 Å². The molecule has 0 bridgehead atoms. The molecule has 60 valence electrons. The second-order valence-corrected chi connectivity index (χ2v) is 3.84. The molecule has 1 saturated carbocycles. The molecule has 4 heteroatoms. The van der Waals surface area contributed by atoms with Gasteiger partial charge in [-0.15, -0.1) is 0 Å². The van der Waals surface area contributed by atoms with Crippen molar-refractivity contribution in [3.63, 3.8) is 0 Å². The number of nitrogen functional groups attached to an aromatic ring is 1. The molecule has 0 aliphatic heterocycles. The van der Waals surface area contributed by atoms with Crippen molar-refractivity contribution in [1.29, 1.82) is 0 Å². The van der Waals surface area contributed by atoms with Gasteiger partial charge in [0.05, 0.1) is 0 Å². The third kappa shape index (κ3) is 1.01. The maximum Gasteiger partial charge on any atom is 0.232 e. The van der Waals surface area contributed by atoms with Crippen molar-refractivity contribution in [3.8, 4) is 0 Å². The molecule has 0 unspecified atom stereocenters. The van der Waals surface area contributed by atoms with Crippen LogP contribution in [0.15, 0.2) is 0 Å². The highest BCUT2D eigenvalue weighted by Crippen LogP contribution is 2.51. The van der Waals surface area contributed by atoms with E-state index in [4.69, 9.17) is 5.73 Å². The van der Waals surface area contributed by atoms with E-state index < -0.39 is 0 Å². The Hall–Kier alpha value is -0.640. The minimum absolute atomic E-state index is 0.370. The summed E-state index contributed by atoms with van der Waals surface area (Å²) >= 11 is 1.46. The van der Waals surface area contributed by atoms with Gasteiger partial charge in [-0.05, 0) is 30.8 Å². The Kier molecular flexibility index (Phi) is 1.39. The highest BCUT2D eigenvalue weighted by molar-refractivity contribution is 7.05. The fourth-order valence-electron chi connectivity index (χ4n) is 1.32. The van der Waals surface area contributed by atoms with E-state index in [1.165, 1.54) is 30.8 Å². The average Bonchev–Trinajstić information content (AvgIpc) is 2.70. The summed E-state index contributed by atoms with van der Waals surface area (Å²) in [6.07, 6.45) is 3.69. The van der Waals surface area contributed by atoms with E-state index in [0.717, 1.165) is 5.01 Å². The van der Waals surface area contributed by atoms with E-state index in [1.54, 1.807) is 0 Å². The van der Waals surface area contributed by atoms with Crippen LogP contribution in [0.2, 0.25) is 0 Å². The molecule has 2 rings (SSSR count). The zero-order valence-corrected chi connectivity index (χ0v) is 7.32. The lowest BCUT2D eigenvalue weighted by Gasteiger charge is -2.04. The van der Waals surface area contributed by atoms with Gasteiger partial charge in [-0.25, -0.2) is 4.98 Å². The molecule has 3 nitrogen and oxygen atoms in total. The van der Waals surface area contributed by atoms with E-state index in [9.17, 15) is 0 Å². The van der Waals surface area contributed by atoms with Crippen LogP contribution >= 0.6 is 11.5 Å². The number of rotatable bonds is 2. The van der Waals surface area contributed by atoms with Gasteiger partial charge in [0.2, 0.25) is 5.95 Å². The minimum Gasteiger partial charge on any atom is -0.367 e. The SMILES string of the molecule is CCC1(c2nc(N)ns2)CC1. The van der Waals surface area contributed by atoms with Crippen LogP contribution in [0.1, 0.15) is 31.2 Å². The fraction of sp³-hybridized carbons (Fsp3) is 0.714. The molecular formula is C7H11N3S. The second-order valence-electron chi connectivity index (χ2n) is 3.09. The molecule has 0 atom stereocenters. The van der Waals surface area contributed by atoms with Crippen LogP contribution in [0.5, 0.6) is 0 Å². The van der Waals surface area contributed by atoms with Gasteiger partial charge < -0.3 is 5.73 Å². The van der Waals surface area contributed by atoms with Crippen LogP contribution < -0.4 is 5.73 Å². The van der Waals surface area contributed by atoms with Crippen molar-refractivity contribution in [2.24, 2.45) is 0 Å². The van der Waals surface area contributed by atoms with Crippen molar-refractivity contribution in [1.82, 2.24) is 9.36 Å². The number of aromatic nitrogens is 2. The zero-order valence-electron chi connectivity index (χ0n) is 6.50. The number of nitrogens with zero attached hydrogens (tertiary/aromatic N) is 2. The molecule has 0 spiro atoms. The Morgan fingerprint density at radius 3 is 2.73 bits per heavy atom. The first-order valence-electron chi connectivity index (χ1n) is 3.86. The molecule has 0 radical (unpaired) electrons. The van der Waals surface area contributed by atoms with Crippen LogP contribution in [0, 0.1) is 0 Å². The molecule has 1 fully saturated rings. The van der Waals surface area contributed by atoms with Gasteiger partial charge in [-0.1, -0.05) is 6.92 Å². The van der Waals surface area contributed by atoms with E-state index in [-0.39, 0.29) is 0 Å². The Balaban J connectivity index is 2.29. The highest BCUT2D eigenvalue weighted by atomic mass is 32.1. The van der Waals surface area contributed by atoms with E-state index >= 15 is 0 Å². The molecule has 0 saturated heterocycles. The monoisotopic (exact) mass is 169 g/mol. The predicted octanol–water partition coefficient (Wildman–Crippen LogP) is 1.56. The largest absolute Gasteiger partial charge is 0.367 e. The quantitative estimate of drug-likeness (QED) is 0.731. The smallest absolute Gasteiger partial charge is 0.232 e. The van der Waals surface area contributed by atoms with Crippen LogP contribution in [-0.2, 0) is 5.41 Å². The molecule has 1 aliphatic rings. The van der Waals surface area contributed by atoms with Gasteiger partial charge in [-0.2, -0.15) is 4.37 Å². The number of hydrogen-bond acceptors (Lipinski definition) is 4. The number of anilines is 1. The first kappa shape index (κ1) is 7.03. The maximum atomic E-state index is 5.45. The van der Waals surface area contributed by atoms with Crippen molar-refractivity contribution >= 4 is 17.5 Å². The second kappa shape index (κ2) is 2.17. The third-order valence-electron chi connectivity index (χ3n) is 2.43. The minimum atomic E-state index is 0.370. The molecule has 1 aromatic heterocycles. The standard InChI is InChI=1S/C7H11N3S/c1-2-7(3-4-7)5-9-6(8)10-11-5/h2-4H2,1H3,(H2,8,10). The maximum absolute atomic E-state index is 5.45. The lowest BCUT2D eigenvalue weighted by molar-refractivity contribution is 0.659. The van der Waals surface area contributed by atoms with E-state index in [2.05, 4.69) is 16.3 Å². The first-order valence-corrected chi connectivity index (χ1v) is 4.64.